The van der Waals surface area contributed by atoms with Crippen LogP contribution in [0.15, 0.2) is 79.1 Å². The van der Waals surface area contributed by atoms with Crippen molar-refractivity contribution in [2.24, 2.45) is 5.92 Å². The fraction of sp³-hybridized carbons (Fsp3) is 0.250. The molecule has 0 saturated heterocycles. The topological polar surface area (TPSA) is 81.1 Å². The van der Waals surface area contributed by atoms with E-state index in [1.54, 1.807) is 24.3 Å². The maximum absolute atomic E-state index is 12.7. The first kappa shape index (κ1) is 26.7. The molecule has 2 amide bonds. The van der Waals surface area contributed by atoms with Gasteiger partial charge in [0.2, 0.25) is 0 Å². The summed E-state index contributed by atoms with van der Waals surface area (Å²) in [5, 5.41) is 10.2. The van der Waals surface area contributed by atoms with Crippen LogP contribution in [-0.4, -0.2) is 27.2 Å². The fourth-order valence-corrected chi connectivity index (χ4v) is 4.18. The summed E-state index contributed by atoms with van der Waals surface area (Å²) in [7, 11) is 0. The number of hydrogen-bond acceptors (Lipinski definition) is 4. The molecular formula is C28H28F3N5O2. The van der Waals surface area contributed by atoms with E-state index in [1.165, 1.54) is 35.3 Å². The molecule has 2 N–H and O–H groups in total. The van der Waals surface area contributed by atoms with Crippen LogP contribution in [0.5, 0.6) is 5.75 Å². The van der Waals surface area contributed by atoms with Gasteiger partial charge in [-0.1, -0.05) is 39.0 Å². The number of urea groups is 1. The Morgan fingerprint density at radius 2 is 1.63 bits per heavy atom. The van der Waals surface area contributed by atoms with Gasteiger partial charge in [-0.15, -0.1) is 18.3 Å². The van der Waals surface area contributed by atoms with Gasteiger partial charge in [-0.2, -0.15) is 0 Å². The summed E-state index contributed by atoms with van der Waals surface area (Å²) >= 11 is 0. The van der Waals surface area contributed by atoms with Crippen molar-refractivity contribution in [2.75, 3.05) is 10.6 Å². The van der Waals surface area contributed by atoms with E-state index < -0.39 is 6.36 Å². The molecule has 0 radical (unpaired) electrons. The Balaban J connectivity index is 1.39. The largest absolute Gasteiger partial charge is 0.573 e. The number of rotatable bonds is 8. The average Bonchev–Trinajstić information content (AvgIpc) is 3.34. The molecule has 38 heavy (non-hydrogen) atoms. The average molecular weight is 524 g/mol. The second kappa shape index (κ2) is 11.4. The highest BCUT2D eigenvalue weighted by atomic mass is 19.4. The third kappa shape index (κ3) is 7.12. The van der Waals surface area contributed by atoms with E-state index in [-0.39, 0.29) is 11.8 Å². The minimum absolute atomic E-state index is 0.309. The quantitative estimate of drug-likeness (QED) is 0.249. The van der Waals surface area contributed by atoms with Crippen molar-refractivity contribution in [3.8, 4) is 22.8 Å². The number of anilines is 2. The minimum Gasteiger partial charge on any atom is -0.406 e. The first-order chi connectivity index (χ1) is 18.1. The van der Waals surface area contributed by atoms with E-state index in [9.17, 15) is 18.0 Å². The first-order valence-electron chi connectivity index (χ1n) is 12.1. The maximum Gasteiger partial charge on any atom is 0.573 e. The van der Waals surface area contributed by atoms with E-state index in [4.69, 9.17) is 0 Å². The molecule has 1 unspecified atom stereocenters. The highest BCUT2D eigenvalue weighted by Crippen LogP contribution is 2.29. The van der Waals surface area contributed by atoms with Crippen molar-refractivity contribution < 1.29 is 22.7 Å². The standard InChI is InChI=1S/C28H28F3N5O2/c1-18(2)16-19(3)24-6-4-5-7-25(24)34-27(37)33-21-10-8-20(9-11-21)26-32-17-36(35-26)22-12-14-23(15-13-22)38-28(29,30)31/h4-15,17-19H,16H2,1-3H3,(H2,33,34,37). The van der Waals surface area contributed by atoms with Crippen molar-refractivity contribution >= 4 is 17.4 Å². The van der Waals surface area contributed by atoms with E-state index in [0.29, 0.717) is 34.6 Å². The molecule has 1 heterocycles. The molecule has 7 nitrogen and oxygen atoms in total. The van der Waals surface area contributed by atoms with Crippen LogP contribution in [0.1, 0.15) is 38.7 Å². The fourth-order valence-electron chi connectivity index (χ4n) is 4.18. The van der Waals surface area contributed by atoms with Gasteiger partial charge >= 0.3 is 12.4 Å². The molecule has 0 aliphatic carbocycles. The normalized spacial score (nSPS) is 12.3. The summed E-state index contributed by atoms with van der Waals surface area (Å²) in [5.74, 6) is 0.959. The van der Waals surface area contributed by atoms with Gasteiger partial charge in [-0.25, -0.2) is 14.5 Å². The number of carbonyl (C=O) groups excluding carboxylic acids is 1. The Bertz CT molecular complexity index is 1370. The van der Waals surface area contributed by atoms with Gasteiger partial charge in [-0.3, -0.25) is 0 Å². The molecule has 0 fully saturated rings. The Kier molecular flexibility index (Phi) is 7.99. The number of carbonyl (C=O) groups is 1. The molecule has 4 aromatic rings. The zero-order valence-electron chi connectivity index (χ0n) is 21.2. The third-order valence-corrected chi connectivity index (χ3v) is 5.79. The molecule has 0 saturated carbocycles. The summed E-state index contributed by atoms with van der Waals surface area (Å²) < 4.78 is 42.4. The predicted molar refractivity (Wildman–Crippen MR) is 140 cm³/mol. The number of hydrogen-bond donors (Lipinski definition) is 2. The van der Waals surface area contributed by atoms with Gasteiger partial charge in [-0.05, 0) is 78.4 Å². The number of benzene rings is 3. The SMILES string of the molecule is CC(C)CC(C)c1ccccc1NC(=O)Nc1ccc(-c2ncn(-c3ccc(OC(F)(F)F)cc3)n2)cc1. The van der Waals surface area contributed by atoms with Crippen molar-refractivity contribution in [3.63, 3.8) is 0 Å². The lowest BCUT2D eigenvalue weighted by molar-refractivity contribution is -0.274. The monoisotopic (exact) mass is 523 g/mol. The zero-order valence-corrected chi connectivity index (χ0v) is 21.2. The van der Waals surface area contributed by atoms with Crippen LogP contribution in [0.2, 0.25) is 0 Å². The summed E-state index contributed by atoms with van der Waals surface area (Å²) in [6.45, 7) is 6.51. The van der Waals surface area contributed by atoms with Gasteiger partial charge in [0.1, 0.15) is 12.1 Å². The smallest absolute Gasteiger partial charge is 0.406 e. The number of alkyl halides is 3. The van der Waals surface area contributed by atoms with Gasteiger partial charge in [0.25, 0.3) is 0 Å². The number of nitrogens with one attached hydrogen (secondary N) is 2. The van der Waals surface area contributed by atoms with Crippen LogP contribution in [0.25, 0.3) is 17.1 Å². The molecular weight excluding hydrogens is 495 g/mol. The van der Waals surface area contributed by atoms with E-state index in [1.807, 2.05) is 24.3 Å². The zero-order chi connectivity index (χ0) is 27.3. The lowest BCUT2D eigenvalue weighted by Gasteiger charge is -2.19. The van der Waals surface area contributed by atoms with Crippen molar-refractivity contribution in [1.82, 2.24) is 14.8 Å². The van der Waals surface area contributed by atoms with Crippen molar-refractivity contribution in [2.45, 2.75) is 39.5 Å². The van der Waals surface area contributed by atoms with Crippen LogP contribution in [0.3, 0.4) is 0 Å². The summed E-state index contributed by atoms with van der Waals surface area (Å²) in [4.78, 5) is 17.0. The molecule has 0 spiro atoms. The van der Waals surface area contributed by atoms with Crippen molar-refractivity contribution in [1.29, 1.82) is 0 Å². The molecule has 0 bridgehead atoms. The Morgan fingerprint density at radius 1 is 0.947 bits per heavy atom. The number of nitrogens with zero attached hydrogens (tertiary/aromatic N) is 3. The second-order valence-electron chi connectivity index (χ2n) is 9.33. The van der Waals surface area contributed by atoms with E-state index in [2.05, 4.69) is 46.2 Å². The van der Waals surface area contributed by atoms with Crippen molar-refractivity contribution in [3.05, 3.63) is 84.7 Å². The summed E-state index contributed by atoms with van der Waals surface area (Å²) in [6, 6.07) is 19.8. The Labute approximate surface area is 218 Å². The molecule has 3 aromatic carbocycles. The van der Waals surface area contributed by atoms with E-state index in [0.717, 1.165) is 17.7 Å². The molecule has 198 valence electrons. The molecule has 0 aliphatic heterocycles. The molecule has 1 aromatic heterocycles. The second-order valence-corrected chi connectivity index (χ2v) is 9.33. The van der Waals surface area contributed by atoms with Crippen LogP contribution < -0.4 is 15.4 Å². The van der Waals surface area contributed by atoms with Crippen LogP contribution in [-0.2, 0) is 0 Å². The van der Waals surface area contributed by atoms with Gasteiger partial charge in [0.05, 0.1) is 5.69 Å². The first-order valence-corrected chi connectivity index (χ1v) is 12.1. The lowest BCUT2D eigenvalue weighted by Crippen LogP contribution is -2.20. The predicted octanol–water partition coefficient (Wildman–Crippen LogP) is 7.63. The molecule has 1 atom stereocenters. The van der Waals surface area contributed by atoms with Crippen LogP contribution in [0.4, 0.5) is 29.3 Å². The van der Waals surface area contributed by atoms with Gasteiger partial charge < -0.3 is 15.4 Å². The highest BCUT2D eigenvalue weighted by molar-refractivity contribution is 6.00. The van der Waals surface area contributed by atoms with E-state index >= 15 is 0 Å². The Hall–Kier alpha value is -4.34. The lowest BCUT2D eigenvalue weighted by atomic mass is 9.91. The van der Waals surface area contributed by atoms with Gasteiger partial charge in [0, 0.05) is 16.9 Å². The molecule has 4 rings (SSSR count). The number of ether oxygens (including phenoxy) is 1. The number of amides is 2. The highest BCUT2D eigenvalue weighted by Gasteiger charge is 2.31. The Morgan fingerprint density at radius 3 is 2.29 bits per heavy atom. The number of halogens is 3. The minimum atomic E-state index is -4.75. The third-order valence-electron chi connectivity index (χ3n) is 5.79. The van der Waals surface area contributed by atoms with Gasteiger partial charge in [0.15, 0.2) is 5.82 Å². The number of aromatic nitrogens is 3. The maximum atomic E-state index is 12.7. The summed E-state index contributed by atoms with van der Waals surface area (Å²) in [5.41, 5.74) is 3.70. The molecule has 0 aliphatic rings. The molecule has 10 heteroatoms. The van der Waals surface area contributed by atoms with Crippen LogP contribution in [0, 0.1) is 5.92 Å². The summed E-state index contributed by atoms with van der Waals surface area (Å²) in [6.07, 6.45) is -2.27. The number of para-hydroxylation sites is 1. The van der Waals surface area contributed by atoms with Crippen LogP contribution >= 0.6 is 0 Å².